The second-order valence-electron chi connectivity index (χ2n) is 5.68. The number of fused-ring (bicyclic) bond motifs is 1. The monoisotopic (exact) mass is 334 g/mol. The normalized spacial score (nSPS) is 21.5. The molecule has 1 aromatic rings. The molecule has 0 aliphatic carbocycles. The maximum Gasteiger partial charge on any atom is 0.320 e. The lowest BCUT2D eigenvalue weighted by Crippen LogP contribution is -2.48. The first-order valence-electron chi connectivity index (χ1n) is 7.40. The number of benzene rings is 1. The van der Waals surface area contributed by atoms with E-state index in [9.17, 15) is 14.4 Å². The van der Waals surface area contributed by atoms with Crippen LogP contribution in [0.5, 0.6) is 0 Å². The van der Waals surface area contributed by atoms with Crippen molar-refractivity contribution in [1.29, 1.82) is 0 Å². The van der Waals surface area contributed by atoms with Gasteiger partial charge in [-0.1, -0.05) is 11.6 Å². The van der Waals surface area contributed by atoms with Crippen LogP contribution < -0.4 is 4.90 Å². The Labute approximate surface area is 138 Å². The number of methoxy groups -OCH3 is 1. The van der Waals surface area contributed by atoms with Crippen LogP contribution in [-0.2, 0) is 14.3 Å². The first-order chi connectivity index (χ1) is 11.0. The molecular weight excluding hydrogens is 316 g/mol. The van der Waals surface area contributed by atoms with Gasteiger partial charge < -0.3 is 4.74 Å². The Balaban J connectivity index is 1.77. The van der Waals surface area contributed by atoms with Gasteiger partial charge in [0, 0.05) is 18.8 Å². The molecule has 1 amide bonds. The van der Waals surface area contributed by atoms with E-state index in [-0.39, 0.29) is 11.2 Å². The summed E-state index contributed by atoms with van der Waals surface area (Å²) in [6.07, 6.45) is 0. The smallest absolute Gasteiger partial charge is 0.320 e. The summed E-state index contributed by atoms with van der Waals surface area (Å²) in [5.41, 5.74) is 2.07. The minimum atomic E-state index is -0.501. The molecule has 2 aliphatic heterocycles. The van der Waals surface area contributed by atoms with E-state index >= 15 is 0 Å². The van der Waals surface area contributed by atoms with Crippen LogP contribution in [0.25, 0.3) is 0 Å². The third-order valence-corrected chi connectivity index (χ3v) is 5.25. The van der Waals surface area contributed by atoms with Crippen molar-refractivity contribution in [2.75, 3.05) is 37.5 Å². The van der Waals surface area contributed by atoms with Crippen molar-refractivity contribution in [2.45, 2.75) is 12.2 Å². The lowest BCUT2D eigenvalue weighted by molar-refractivity contribution is -0.140. The summed E-state index contributed by atoms with van der Waals surface area (Å²) in [5, 5.41) is -0.250. The van der Waals surface area contributed by atoms with Crippen LogP contribution in [0.15, 0.2) is 18.2 Å². The summed E-state index contributed by atoms with van der Waals surface area (Å²) in [7, 11) is 1.38. The topological polar surface area (TPSA) is 66.9 Å². The molecule has 1 fully saturated rings. The van der Waals surface area contributed by atoms with Crippen molar-refractivity contribution in [3.8, 4) is 0 Å². The zero-order chi connectivity index (χ0) is 16.6. The second-order valence-corrected chi connectivity index (χ2v) is 6.99. The minimum absolute atomic E-state index is 0.250. The van der Waals surface area contributed by atoms with Crippen LogP contribution >= 0.6 is 11.8 Å². The van der Waals surface area contributed by atoms with Gasteiger partial charge in [-0.25, -0.2) is 0 Å². The summed E-state index contributed by atoms with van der Waals surface area (Å²) in [6.45, 7) is 3.48. The molecule has 0 radical (unpaired) electrons. The zero-order valence-electron chi connectivity index (χ0n) is 13.1. The van der Waals surface area contributed by atoms with Gasteiger partial charge in [-0.3, -0.25) is 24.2 Å². The molecule has 122 valence electrons. The molecule has 0 bridgehead atoms. The lowest BCUT2D eigenvalue weighted by Gasteiger charge is -2.33. The Bertz CT molecular complexity index is 676. The second kappa shape index (κ2) is 6.33. The fourth-order valence-corrected chi connectivity index (χ4v) is 4.06. The number of carbonyl (C=O) groups excluding carboxylic acids is 3. The molecule has 7 heteroatoms. The molecule has 0 N–H and O–H groups in total. The fourth-order valence-electron chi connectivity index (χ4n) is 2.86. The molecule has 6 nitrogen and oxygen atoms in total. The van der Waals surface area contributed by atoms with Crippen molar-refractivity contribution < 1.29 is 19.1 Å². The van der Waals surface area contributed by atoms with E-state index in [1.807, 2.05) is 24.0 Å². The van der Waals surface area contributed by atoms with E-state index in [0.29, 0.717) is 24.5 Å². The summed E-state index contributed by atoms with van der Waals surface area (Å²) in [6, 6.07) is 5.45. The number of anilines is 1. The zero-order valence-corrected chi connectivity index (χ0v) is 13.9. The predicted octanol–water partition coefficient (Wildman–Crippen LogP) is 1.07. The van der Waals surface area contributed by atoms with Crippen LogP contribution in [0, 0.1) is 6.92 Å². The maximum absolute atomic E-state index is 12.3. The highest BCUT2D eigenvalue weighted by Crippen LogP contribution is 2.30. The number of ether oxygens (including phenoxy) is 1. The number of nitrogens with zero attached hydrogens (tertiary/aromatic N) is 2. The molecule has 0 unspecified atom stereocenters. The number of thioether (sulfide) groups is 1. The molecule has 3 rings (SSSR count). The van der Waals surface area contributed by atoms with E-state index in [4.69, 9.17) is 4.74 Å². The van der Waals surface area contributed by atoms with Crippen molar-refractivity contribution in [3.63, 3.8) is 0 Å². The van der Waals surface area contributed by atoms with E-state index in [0.717, 1.165) is 17.9 Å². The van der Waals surface area contributed by atoms with Gasteiger partial charge in [0.05, 0.1) is 25.0 Å². The van der Waals surface area contributed by atoms with Gasteiger partial charge in [0.2, 0.25) is 0 Å². The molecule has 1 aromatic carbocycles. The molecule has 2 heterocycles. The highest BCUT2D eigenvalue weighted by molar-refractivity contribution is 8.00. The number of ketones is 1. The number of carbonyl (C=O) groups is 3. The molecule has 1 atom stereocenters. The number of hydrogen-bond acceptors (Lipinski definition) is 6. The number of hydrogen-bond donors (Lipinski definition) is 0. The minimum Gasteiger partial charge on any atom is -0.468 e. The van der Waals surface area contributed by atoms with Gasteiger partial charge in [-0.15, -0.1) is 11.8 Å². The average Bonchev–Trinajstić information content (AvgIpc) is 2.79. The highest BCUT2D eigenvalue weighted by Gasteiger charge is 2.37. The molecule has 0 saturated carbocycles. The Morgan fingerprint density at radius 3 is 2.91 bits per heavy atom. The first kappa shape index (κ1) is 16.0. The van der Waals surface area contributed by atoms with Gasteiger partial charge >= 0.3 is 11.9 Å². The van der Waals surface area contributed by atoms with Crippen LogP contribution in [0.2, 0.25) is 0 Å². The van der Waals surface area contributed by atoms with E-state index in [1.165, 1.54) is 12.0 Å². The van der Waals surface area contributed by atoms with Crippen molar-refractivity contribution >= 4 is 35.1 Å². The Hall–Kier alpha value is -1.86. The number of amides is 1. The third kappa shape index (κ3) is 2.98. The summed E-state index contributed by atoms with van der Waals surface area (Å²) in [4.78, 5) is 39.6. The van der Waals surface area contributed by atoms with Crippen molar-refractivity contribution in [3.05, 3.63) is 29.3 Å². The highest BCUT2D eigenvalue weighted by atomic mass is 32.2. The fraction of sp³-hybridized carbons (Fsp3) is 0.438. The maximum atomic E-state index is 12.3. The molecule has 23 heavy (non-hydrogen) atoms. The summed E-state index contributed by atoms with van der Waals surface area (Å²) >= 11 is 1.56. The van der Waals surface area contributed by atoms with Gasteiger partial charge in [0.1, 0.15) is 5.25 Å². The third-order valence-electron chi connectivity index (χ3n) is 4.08. The molecule has 0 aromatic heterocycles. The van der Waals surface area contributed by atoms with Crippen LogP contribution in [0.4, 0.5) is 5.69 Å². The molecule has 2 aliphatic rings. The Morgan fingerprint density at radius 1 is 1.39 bits per heavy atom. The predicted molar refractivity (Wildman–Crippen MR) is 87.7 cm³/mol. The Morgan fingerprint density at radius 2 is 2.17 bits per heavy atom. The lowest BCUT2D eigenvalue weighted by atomic mass is 10.1. The largest absolute Gasteiger partial charge is 0.468 e. The van der Waals surface area contributed by atoms with Crippen molar-refractivity contribution in [2.24, 2.45) is 0 Å². The van der Waals surface area contributed by atoms with Gasteiger partial charge in [0.25, 0.3) is 5.78 Å². The Kier molecular flexibility index (Phi) is 4.41. The number of rotatable bonds is 3. The summed E-state index contributed by atoms with van der Waals surface area (Å²) < 4.78 is 4.79. The van der Waals surface area contributed by atoms with E-state index in [2.05, 4.69) is 0 Å². The standard InChI is InChI=1S/C16H18N2O4S/c1-10-3-4-12-11(7-10)14(19)15(20)18(12)9-17-5-6-23-13(8-17)16(21)22-2/h3-4,7,13H,5-6,8-9H2,1-2H3/t13-/m0/s1. The quantitative estimate of drug-likeness (QED) is 0.608. The van der Waals surface area contributed by atoms with E-state index < -0.39 is 11.7 Å². The van der Waals surface area contributed by atoms with Gasteiger partial charge in [-0.05, 0) is 19.1 Å². The summed E-state index contributed by atoms with van der Waals surface area (Å²) in [5.74, 6) is -0.422. The van der Waals surface area contributed by atoms with Crippen LogP contribution in [0.3, 0.4) is 0 Å². The van der Waals surface area contributed by atoms with Crippen LogP contribution in [-0.4, -0.2) is 60.4 Å². The molecule has 1 saturated heterocycles. The van der Waals surface area contributed by atoms with Gasteiger partial charge in [-0.2, -0.15) is 0 Å². The first-order valence-corrected chi connectivity index (χ1v) is 8.44. The average molecular weight is 334 g/mol. The number of aryl methyl sites for hydroxylation is 1. The molecular formula is C16H18N2O4S. The van der Waals surface area contributed by atoms with Crippen molar-refractivity contribution in [1.82, 2.24) is 4.90 Å². The molecule has 0 spiro atoms. The van der Waals surface area contributed by atoms with E-state index in [1.54, 1.807) is 17.8 Å². The van der Waals surface area contributed by atoms with Crippen LogP contribution in [0.1, 0.15) is 15.9 Å². The number of esters is 1. The SMILES string of the molecule is COC(=O)[C@@H]1CN(CN2C(=O)C(=O)c3cc(C)ccc32)CCS1. The number of Topliss-reactive ketones (excluding diaryl/α,β-unsaturated/α-hetero) is 1. The van der Waals surface area contributed by atoms with Gasteiger partial charge in [0.15, 0.2) is 0 Å².